The van der Waals surface area contributed by atoms with Crippen molar-refractivity contribution in [3.63, 3.8) is 0 Å². The van der Waals surface area contributed by atoms with E-state index in [2.05, 4.69) is 21.2 Å². The number of pyridine rings is 1. The molecule has 0 saturated heterocycles. The number of amides is 1. The Morgan fingerprint density at radius 1 is 1.19 bits per heavy atom. The van der Waals surface area contributed by atoms with E-state index in [1.807, 2.05) is 0 Å². The lowest BCUT2D eigenvalue weighted by molar-refractivity contribution is -0.384. The molecule has 0 aliphatic heterocycles. The molecule has 1 N–H and O–H groups in total. The fraction of sp³-hybridized carbons (Fsp3) is 0.222. The Morgan fingerprint density at radius 2 is 1.92 bits per heavy atom. The van der Waals surface area contributed by atoms with Crippen LogP contribution >= 0.6 is 15.9 Å². The topological polar surface area (TPSA) is 94.2 Å². The van der Waals surface area contributed by atoms with Crippen LogP contribution in [-0.4, -0.2) is 21.9 Å². The van der Waals surface area contributed by atoms with Crippen LogP contribution in [0, 0.1) is 10.1 Å². The second kappa shape index (κ2) is 9.67. The van der Waals surface area contributed by atoms with Gasteiger partial charge in [0.15, 0.2) is 0 Å². The van der Waals surface area contributed by atoms with Gasteiger partial charge >= 0.3 is 0 Å². The number of benzene rings is 1. The minimum absolute atomic E-state index is 0.0103. The van der Waals surface area contributed by atoms with Crippen LogP contribution in [0.25, 0.3) is 6.08 Å². The Balaban J connectivity index is 1.70. The molecule has 0 atom stereocenters. The average Bonchev–Trinajstić information content (AvgIpc) is 2.62. The highest BCUT2D eigenvalue weighted by Crippen LogP contribution is 2.12. The van der Waals surface area contributed by atoms with Gasteiger partial charge in [0.1, 0.15) is 0 Å². The summed E-state index contributed by atoms with van der Waals surface area (Å²) in [5.74, 6) is -0.233. The molecule has 2 aromatic rings. The lowest BCUT2D eigenvalue weighted by Crippen LogP contribution is -2.23. The van der Waals surface area contributed by atoms with Gasteiger partial charge in [0.25, 0.3) is 11.2 Å². The van der Waals surface area contributed by atoms with E-state index >= 15 is 0 Å². The van der Waals surface area contributed by atoms with Crippen molar-refractivity contribution in [2.45, 2.75) is 19.4 Å². The van der Waals surface area contributed by atoms with Gasteiger partial charge in [0.05, 0.1) is 4.92 Å². The quantitative estimate of drug-likeness (QED) is 0.307. The zero-order valence-electron chi connectivity index (χ0n) is 13.9. The number of carbonyl (C=O) groups is 1. The molecule has 0 aliphatic rings. The van der Waals surface area contributed by atoms with Crippen molar-refractivity contribution in [2.24, 2.45) is 0 Å². The maximum atomic E-state index is 11.8. The van der Waals surface area contributed by atoms with Gasteiger partial charge in [-0.2, -0.15) is 0 Å². The van der Waals surface area contributed by atoms with Crippen molar-refractivity contribution in [1.82, 2.24) is 9.88 Å². The minimum Gasteiger partial charge on any atom is -0.353 e. The summed E-state index contributed by atoms with van der Waals surface area (Å²) < 4.78 is 2.47. The molecule has 0 fully saturated rings. The summed E-state index contributed by atoms with van der Waals surface area (Å²) in [6.45, 7) is 1.10. The molecule has 1 amide bonds. The lowest BCUT2D eigenvalue weighted by Gasteiger charge is -2.06. The fourth-order valence-electron chi connectivity index (χ4n) is 2.23. The van der Waals surface area contributed by atoms with E-state index < -0.39 is 4.92 Å². The summed E-state index contributed by atoms with van der Waals surface area (Å²) >= 11 is 3.33. The van der Waals surface area contributed by atoms with Crippen LogP contribution in [0.2, 0.25) is 0 Å². The minimum atomic E-state index is -0.470. The van der Waals surface area contributed by atoms with Crippen LogP contribution in [0.5, 0.6) is 0 Å². The van der Waals surface area contributed by atoms with Gasteiger partial charge in [-0.1, -0.05) is 0 Å². The molecule has 2 rings (SSSR count). The first-order valence-corrected chi connectivity index (χ1v) is 8.81. The van der Waals surface area contributed by atoms with Crippen LogP contribution in [-0.2, 0) is 11.3 Å². The Morgan fingerprint density at radius 3 is 2.62 bits per heavy atom. The second-order valence-electron chi connectivity index (χ2n) is 5.56. The molecule has 7 nitrogen and oxygen atoms in total. The summed E-state index contributed by atoms with van der Waals surface area (Å²) in [7, 11) is 0. The first kappa shape index (κ1) is 19.6. The number of nitro benzene ring substituents is 1. The number of halogens is 1. The number of nitrogens with zero attached hydrogens (tertiary/aromatic N) is 2. The van der Waals surface area contributed by atoms with Gasteiger partial charge in [-0.3, -0.25) is 19.7 Å². The number of hydrogen-bond donors (Lipinski definition) is 1. The fourth-order valence-corrected chi connectivity index (χ4v) is 2.61. The number of aryl methyl sites for hydroxylation is 1. The van der Waals surface area contributed by atoms with E-state index in [0.717, 1.165) is 17.3 Å². The second-order valence-corrected chi connectivity index (χ2v) is 6.47. The molecule has 26 heavy (non-hydrogen) atoms. The van der Waals surface area contributed by atoms with Crippen LogP contribution in [0.3, 0.4) is 0 Å². The first-order valence-electron chi connectivity index (χ1n) is 8.02. The van der Waals surface area contributed by atoms with E-state index in [1.54, 1.807) is 35.0 Å². The zero-order valence-corrected chi connectivity index (χ0v) is 15.5. The van der Waals surface area contributed by atoms with Crippen molar-refractivity contribution >= 4 is 33.6 Å². The number of unbranched alkanes of at least 4 members (excludes halogenated alkanes) is 1. The summed E-state index contributed by atoms with van der Waals surface area (Å²) in [5.41, 5.74) is 0.666. The third kappa shape index (κ3) is 6.29. The Bertz CT molecular complexity index is 859. The molecule has 1 aromatic heterocycles. The van der Waals surface area contributed by atoms with Crippen LogP contribution < -0.4 is 10.9 Å². The summed E-state index contributed by atoms with van der Waals surface area (Å²) in [4.78, 5) is 33.5. The molecule has 0 bridgehead atoms. The highest BCUT2D eigenvalue weighted by molar-refractivity contribution is 9.10. The van der Waals surface area contributed by atoms with Gasteiger partial charge in [0.2, 0.25) is 5.91 Å². The first-order chi connectivity index (χ1) is 12.5. The van der Waals surface area contributed by atoms with E-state index in [-0.39, 0.29) is 17.2 Å². The van der Waals surface area contributed by atoms with Gasteiger partial charge in [-0.05, 0) is 58.6 Å². The molecule has 8 heteroatoms. The van der Waals surface area contributed by atoms with Crippen molar-refractivity contribution < 1.29 is 9.72 Å². The summed E-state index contributed by atoms with van der Waals surface area (Å²) in [6, 6.07) is 9.16. The monoisotopic (exact) mass is 419 g/mol. The molecule has 1 heterocycles. The third-order valence-corrected chi connectivity index (χ3v) is 4.07. The molecule has 0 spiro atoms. The van der Waals surface area contributed by atoms with Crippen molar-refractivity contribution in [2.75, 3.05) is 6.54 Å². The molecule has 136 valence electrons. The van der Waals surface area contributed by atoms with Crippen molar-refractivity contribution in [3.8, 4) is 0 Å². The zero-order chi connectivity index (χ0) is 18.9. The number of carbonyl (C=O) groups excluding carboxylic acids is 1. The highest BCUT2D eigenvalue weighted by Gasteiger charge is 2.03. The van der Waals surface area contributed by atoms with E-state index in [4.69, 9.17) is 0 Å². The number of hydrogen-bond acceptors (Lipinski definition) is 4. The van der Waals surface area contributed by atoms with Crippen LogP contribution in [0.1, 0.15) is 18.4 Å². The van der Waals surface area contributed by atoms with Crippen LogP contribution in [0.15, 0.2) is 57.9 Å². The number of nitrogens with one attached hydrogen (secondary N) is 1. The van der Waals surface area contributed by atoms with Crippen LogP contribution in [0.4, 0.5) is 5.69 Å². The van der Waals surface area contributed by atoms with Gasteiger partial charge in [-0.25, -0.2) is 0 Å². The summed E-state index contributed by atoms with van der Waals surface area (Å²) in [5, 5.41) is 13.3. The normalized spacial score (nSPS) is 10.8. The standard InChI is InChI=1S/C18H18BrN3O4/c19-15-6-10-18(24)21(13-15)12-2-1-11-20-17(23)9-5-14-3-7-16(8-4-14)22(25)26/h3-10,13H,1-2,11-12H2,(H,20,23)/b9-5+. The van der Waals surface area contributed by atoms with Crippen molar-refractivity contribution in [1.29, 1.82) is 0 Å². The molecule has 0 unspecified atom stereocenters. The Kier molecular flexibility index (Phi) is 7.28. The predicted octanol–water partition coefficient (Wildman–Crippen LogP) is 3.13. The SMILES string of the molecule is O=C(/C=C/c1ccc([N+](=O)[O-])cc1)NCCCCn1cc(Br)ccc1=O. The highest BCUT2D eigenvalue weighted by atomic mass is 79.9. The van der Waals surface area contributed by atoms with Gasteiger partial charge in [-0.15, -0.1) is 0 Å². The summed E-state index contributed by atoms with van der Waals surface area (Å²) in [6.07, 6.45) is 6.24. The Labute approximate surface area is 158 Å². The van der Waals surface area contributed by atoms with E-state index in [1.165, 1.54) is 24.3 Å². The number of nitro groups is 1. The average molecular weight is 420 g/mol. The molecule has 0 radical (unpaired) electrons. The number of non-ortho nitro benzene ring substituents is 1. The predicted molar refractivity (Wildman–Crippen MR) is 103 cm³/mol. The van der Waals surface area contributed by atoms with E-state index in [9.17, 15) is 19.7 Å². The third-order valence-electron chi connectivity index (χ3n) is 3.60. The molecule has 0 aliphatic carbocycles. The molecule has 1 aromatic carbocycles. The van der Waals surface area contributed by atoms with Crippen molar-refractivity contribution in [3.05, 3.63) is 79.2 Å². The van der Waals surface area contributed by atoms with E-state index in [0.29, 0.717) is 18.7 Å². The maximum Gasteiger partial charge on any atom is 0.269 e. The van der Waals surface area contributed by atoms with Gasteiger partial charge in [0, 0.05) is 48.0 Å². The molecular weight excluding hydrogens is 402 g/mol. The largest absolute Gasteiger partial charge is 0.353 e. The lowest BCUT2D eigenvalue weighted by atomic mass is 10.2. The maximum absolute atomic E-state index is 11.8. The van der Waals surface area contributed by atoms with Gasteiger partial charge < -0.3 is 9.88 Å². The smallest absolute Gasteiger partial charge is 0.269 e. The molecular formula is C18H18BrN3O4. The number of aromatic nitrogens is 1. The number of rotatable bonds is 8. The Hall–Kier alpha value is -2.74. The molecule has 0 saturated carbocycles.